The van der Waals surface area contributed by atoms with E-state index in [1.807, 2.05) is 13.8 Å². The fourth-order valence-electron chi connectivity index (χ4n) is 1.91. The van der Waals surface area contributed by atoms with Crippen LogP contribution in [0, 0.1) is 0 Å². The van der Waals surface area contributed by atoms with Crippen LogP contribution in [0.2, 0.25) is 0 Å². The van der Waals surface area contributed by atoms with Gasteiger partial charge in [-0.25, -0.2) is 0 Å². The van der Waals surface area contributed by atoms with Crippen molar-refractivity contribution < 1.29 is 9.84 Å². The number of aliphatic hydroxyl groups is 1. The maximum absolute atomic E-state index is 9.34. The van der Waals surface area contributed by atoms with E-state index in [0.717, 1.165) is 5.56 Å². The Hall–Kier alpha value is -0.860. The summed E-state index contributed by atoms with van der Waals surface area (Å²) in [5, 5.41) is 9.34. The molecule has 96 valence electrons. The molecule has 0 aliphatic heterocycles. The first-order valence-electron chi connectivity index (χ1n) is 6.04. The number of hydrogen-bond acceptors (Lipinski definition) is 2. The highest BCUT2D eigenvalue weighted by Crippen LogP contribution is 2.27. The minimum Gasteiger partial charge on any atom is -0.395 e. The number of aliphatic hydroxyl groups excluding tert-OH is 1. The van der Waals surface area contributed by atoms with Crippen LogP contribution < -0.4 is 0 Å². The first-order valence-corrected chi connectivity index (χ1v) is 6.04. The van der Waals surface area contributed by atoms with Crippen molar-refractivity contribution in [3.8, 4) is 0 Å². The van der Waals surface area contributed by atoms with E-state index in [4.69, 9.17) is 4.74 Å². The molecule has 2 nitrogen and oxygen atoms in total. The molecule has 1 aromatic rings. The Bertz CT molecular complexity index is 350. The first kappa shape index (κ1) is 14.2. The van der Waals surface area contributed by atoms with Gasteiger partial charge in [-0.3, -0.25) is 0 Å². The maximum Gasteiger partial charge on any atom is 0.0553 e. The molecule has 1 rings (SSSR count). The molecule has 0 unspecified atom stereocenters. The minimum absolute atomic E-state index is 0.0244. The molecular weight excluding hydrogens is 212 g/mol. The molecule has 0 aliphatic carbocycles. The monoisotopic (exact) mass is 236 g/mol. The zero-order valence-corrected chi connectivity index (χ0v) is 11.6. The molecule has 2 heteroatoms. The summed E-state index contributed by atoms with van der Waals surface area (Å²) in [6, 6.07) is 8.46. The second-order valence-corrected chi connectivity index (χ2v) is 5.94. The average Bonchev–Trinajstić information content (AvgIpc) is 2.29. The molecule has 0 radical (unpaired) electrons. The molecular formula is C15H24O2. The fraction of sp³-hybridized carbons (Fsp3) is 0.600. The summed E-state index contributed by atoms with van der Waals surface area (Å²) in [4.78, 5) is 0. The lowest BCUT2D eigenvalue weighted by Gasteiger charge is -2.27. The van der Waals surface area contributed by atoms with Crippen LogP contribution in [-0.4, -0.2) is 25.4 Å². The van der Waals surface area contributed by atoms with Gasteiger partial charge in [0.15, 0.2) is 0 Å². The van der Waals surface area contributed by atoms with Gasteiger partial charge in [-0.2, -0.15) is 0 Å². The van der Waals surface area contributed by atoms with Crippen LogP contribution in [0.5, 0.6) is 0 Å². The van der Waals surface area contributed by atoms with Gasteiger partial charge in [0, 0.05) is 17.9 Å². The van der Waals surface area contributed by atoms with Crippen molar-refractivity contribution in [2.45, 2.75) is 38.5 Å². The van der Waals surface area contributed by atoms with Gasteiger partial charge in [-0.1, -0.05) is 52.0 Å². The Morgan fingerprint density at radius 2 is 1.35 bits per heavy atom. The normalized spacial score (nSPS) is 12.8. The van der Waals surface area contributed by atoms with Crippen molar-refractivity contribution in [3.05, 3.63) is 35.4 Å². The molecule has 0 atom stereocenters. The van der Waals surface area contributed by atoms with E-state index in [2.05, 4.69) is 38.1 Å². The van der Waals surface area contributed by atoms with Gasteiger partial charge in [0.25, 0.3) is 0 Å². The second-order valence-electron chi connectivity index (χ2n) is 5.94. The molecule has 0 bridgehead atoms. The highest BCUT2D eigenvalue weighted by molar-refractivity contribution is 5.32. The Kier molecular flexibility index (Phi) is 4.34. The molecule has 0 spiro atoms. The van der Waals surface area contributed by atoms with Gasteiger partial charge >= 0.3 is 0 Å². The molecule has 0 saturated carbocycles. The van der Waals surface area contributed by atoms with Gasteiger partial charge in [-0.15, -0.1) is 0 Å². The summed E-state index contributed by atoms with van der Waals surface area (Å²) in [6.07, 6.45) is 0. The Morgan fingerprint density at radius 3 is 1.71 bits per heavy atom. The summed E-state index contributed by atoms with van der Waals surface area (Å²) >= 11 is 0. The van der Waals surface area contributed by atoms with Crippen LogP contribution >= 0.6 is 0 Å². The van der Waals surface area contributed by atoms with Crippen molar-refractivity contribution in [3.63, 3.8) is 0 Å². The van der Waals surface area contributed by atoms with Crippen molar-refractivity contribution in [2.75, 3.05) is 20.3 Å². The molecule has 0 amide bonds. The molecule has 0 fully saturated rings. The zero-order valence-electron chi connectivity index (χ0n) is 11.6. The standard InChI is InChI=1S/C15H24O2/c1-14(2,10-16)12-6-8-13(9-7-12)15(3,4)11-17-5/h6-9,16H,10-11H2,1-5H3. The molecule has 0 heterocycles. The lowest BCUT2D eigenvalue weighted by atomic mass is 9.81. The fourth-order valence-corrected chi connectivity index (χ4v) is 1.91. The van der Waals surface area contributed by atoms with Gasteiger partial charge in [0.1, 0.15) is 0 Å². The lowest BCUT2D eigenvalue weighted by molar-refractivity contribution is 0.146. The van der Waals surface area contributed by atoms with E-state index in [1.165, 1.54) is 5.56 Å². The van der Waals surface area contributed by atoms with E-state index < -0.39 is 0 Å². The van der Waals surface area contributed by atoms with E-state index >= 15 is 0 Å². The summed E-state index contributed by atoms with van der Waals surface area (Å²) in [5.41, 5.74) is 2.27. The van der Waals surface area contributed by atoms with Gasteiger partial charge in [0.05, 0.1) is 13.2 Å². The predicted octanol–water partition coefficient (Wildman–Crippen LogP) is 2.88. The molecule has 1 aromatic carbocycles. The SMILES string of the molecule is COCC(C)(C)c1ccc(C(C)(C)CO)cc1. The molecule has 0 saturated heterocycles. The summed E-state index contributed by atoms with van der Waals surface area (Å²) in [7, 11) is 1.73. The average molecular weight is 236 g/mol. The maximum atomic E-state index is 9.34. The number of methoxy groups -OCH3 is 1. The van der Waals surface area contributed by atoms with Crippen LogP contribution in [-0.2, 0) is 15.6 Å². The largest absolute Gasteiger partial charge is 0.395 e. The lowest BCUT2D eigenvalue weighted by Crippen LogP contribution is -2.25. The summed E-state index contributed by atoms with van der Waals surface area (Å²) in [5.74, 6) is 0. The Labute approximate surface area is 105 Å². The second kappa shape index (κ2) is 5.19. The predicted molar refractivity (Wildman–Crippen MR) is 71.5 cm³/mol. The van der Waals surface area contributed by atoms with Gasteiger partial charge < -0.3 is 9.84 Å². The van der Waals surface area contributed by atoms with Crippen molar-refractivity contribution in [1.82, 2.24) is 0 Å². The van der Waals surface area contributed by atoms with Crippen molar-refractivity contribution in [2.24, 2.45) is 0 Å². The van der Waals surface area contributed by atoms with Gasteiger partial charge in [-0.05, 0) is 11.1 Å². The smallest absolute Gasteiger partial charge is 0.0553 e. The van der Waals surface area contributed by atoms with Crippen LogP contribution in [0.1, 0.15) is 38.8 Å². The van der Waals surface area contributed by atoms with Crippen LogP contribution in [0.25, 0.3) is 0 Å². The Balaban J connectivity index is 2.96. The third kappa shape index (κ3) is 3.30. The topological polar surface area (TPSA) is 29.5 Å². The van der Waals surface area contributed by atoms with Crippen molar-refractivity contribution in [1.29, 1.82) is 0 Å². The van der Waals surface area contributed by atoms with Crippen LogP contribution in [0.15, 0.2) is 24.3 Å². The number of ether oxygens (including phenoxy) is 1. The van der Waals surface area contributed by atoms with Crippen LogP contribution in [0.3, 0.4) is 0 Å². The van der Waals surface area contributed by atoms with E-state index in [1.54, 1.807) is 7.11 Å². The number of hydrogen-bond donors (Lipinski definition) is 1. The third-order valence-corrected chi connectivity index (χ3v) is 3.35. The van der Waals surface area contributed by atoms with Crippen LogP contribution in [0.4, 0.5) is 0 Å². The highest BCUT2D eigenvalue weighted by Gasteiger charge is 2.23. The van der Waals surface area contributed by atoms with E-state index in [0.29, 0.717) is 6.61 Å². The summed E-state index contributed by atoms with van der Waals surface area (Å²) in [6.45, 7) is 9.29. The Morgan fingerprint density at radius 1 is 0.941 bits per heavy atom. The molecule has 0 aromatic heterocycles. The summed E-state index contributed by atoms with van der Waals surface area (Å²) < 4.78 is 5.24. The van der Waals surface area contributed by atoms with Crippen molar-refractivity contribution >= 4 is 0 Å². The minimum atomic E-state index is -0.177. The first-order chi connectivity index (χ1) is 7.83. The molecule has 17 heavy (non-hydrogen) atoms. The van der Waals surface area contributed by atoms with Gasteiger partial charge in [0.2, 0.25) is 0 Å². The molecule has 1 N–H and O–H groups in total. The zero-order chi connectivity index (χ0) is 13.1. The molecule has 0 aliphatic rings. The van der Waals surface area contributed by atoms with E-state index in [9.17, 15) is 5.11 Å². The van der Waals surface area contributed by atoms with E-state index in [-0.39, 0.29) is 17.4 Å². The third-order valence-electron chi connectivity index (χ3n) is 3.35. The number of rotatable bonds is 5. The highest BCUT2D eigenvalue weighted by atomic mass is 16.5. The number of benzene rings is 1. The quantitative estimate of drug-likeness (QED) is 0.852.